The second kappa shape index (κ2) is 8.02. The molecule has 1 N–H and O–H groups in total. The van der Waals surface area contributed by atoms with Crippen molar-refractivity contribution < 1.29 is 22.8 Å². The van der Waals surface area contributed by atoms with Crippen LogP contribution in [0.25, 0.3) is 6.08 Å². The summed E-state index contributed by atoms with van der Waals surface area (Å²) in [6.45, 7) is 0. The Labute approximate surface area is 139 Å². The molecule has 0 fully saturated rings. The number of benzene rings is 2. The fourth-order valence-corrected chi connectivity index (χ4v) is 3.04. The second-order valence-electron chi connectivity index (χ2n) is 4.76. The summed E-state index contributed by atoms with van der Waals surface area (Å²) < 4.78 is 35.6. The Bertz CT molecular complexity index is 767. The molecule has 0 spiro atoms. The smallest absolute Gasteiger partial charge is 0.315 e. The Kier molecular flexibility index (Phi) is 6.04. The van der Waals surface area contributed by atoms with Crippen molar-refractivity contribution in [3.8, 4) is 0 Å². The molecule has 0 aromatic heterocycles. The molecule has 2 aromatic carbocycles. The molecule has 1 amide bonds. The van der Waals surface area contributed by atoms with Crippen LogP contribution in [0.2, 0.25) is 0 Å². The van der Waals surface area contributed by atoms with Crippen LogP contribution in [0, 0.1) is 5.82 Å². The van der Waals surface area contributed by atoms with Crippen LogP contribution in [0.3, 0.4) is 0 Å². The minimum atomic E-state index is -3.71. The number of amides is 1. The molecule has 0 aliphatic rings. The molecule has 126 valence electrons. The van der Waals surface area contributed by atoms with E-state index in [1.54, 1.807) is 30.3 Å². The van der Waals surface area contributed by atoms with Crippen molar-refractivity contribution in [3.63, 3.8) is 0 Å². The minimum absolute atomic E-state index is 0.0343. The van der Waals surface area contributed by atoms with E-state index >= 15 is 0 Å². The van der Waals surface area contributed by atoms with Gasteiger partial charge in [-0.2, -0.15) is 0 Å². The predicted octanol–water partition coefficient (Wildman–Crippen LogP) is 4.04. The third kappa shape index (κ3) is 4.38. The van der Waals surface area contributed by atoms with Crippen molar-refractivity contribution >= 4 is 19.6 Å². The zero-order chi connectivity index (χ0) is 17.6. The topological polar surface area (TPSA) is 64.6 Å². The number of hydrogen-bond donors (Lipinski definition) is 1. The zero-order valence-corrected chi connectivity index (χ0v) is 14.1. The summed E-state index contributed by atoms with van der Waals surface area (Å²) >= 11 is 0. The molecular formula is C17H17FNO4P. The maximum absolute atomic E-state index is 13.0. The van der Waals surface area contributed by atoms with Crippen LogP contribution in [0.1, 0.15) is 15.9 Å². The van der Waals surface area contributed by atoms with E-state index in [1.807, 2.05) is 0 Å². The first kappa shape index (κ1) is 18.1. The third-order valence-corrected chi connectivity index (χ3v) is 5.02. The highest BCUT2D eigenvalue weighted by Gasteiger charge is 2.29. The summed E-state index contributed by atoms with van der Waals surface area (Å²) in [5, 5.41) is 2.55. The summed E-state index contributed by atoms with van der Waals surface area (Å²) in [6, 6.07) is 13.9. The highest BCUT2D eigenvalue weighted by Crippen LogP contribution is 2.54. The lowest BCUT2D eigenvalue weighted by atomic mass is 10.2. The second-order valence-corrected chi connectivity index (χ2v) is 6.97. The number of hydrogen-bond acceptors (Lipinski definition) is 4. The van der Waals surface area contributed by atoms with E-state index < -0.39 is 19.3 Å². The maximum Gasteiger partial charge on any atom is 0.376 e. The zero-order valence-electron chi connectivity index (χ0n) is 13.2. The number of rotatable bonds is 6. The standard InChI is InChI=1S/C17H17FNO4P/c1-22-24(21,23-2)16(12-13-8-10-15(18)11-9-13)19-17(20)14-6-4-3-5-7-14/h3-12H,1-2H3,(H,19,20)/b16-12-. The molecule has 0 unspecified atom stereocenters. The average molecular weight is 349 g/mol. The van der Waals surface area contributed by atoms with Gasteiger partial charge in [-0.1, -0.05) is 30.3 Å². The van der Waals surface area contributed by atoms with Gasteiger partial charge in [0.15, 0.2) is 0 Å². The van der Waals surface area contributed by atoms with Gasteiger partial charge in [-0.05, 0) is 35.9 Å². The van der Waals surface area contributed by atoms with Crippen molar-refractivity contribution in [2.75, 3.05) is 14.2 Å². The van der Waals surface area contributed by atoms with Crippen molar-refractivity contribution in [2.45, 2.75) is 0 Å². The van der Waals surface area contributed by atoms with Gasteiger partial charge in [0.2, 0.25) is 0 Å². The summed E-state index contributed by atoms with van der Waals surface area (Å²) in [6.07, 6.45) is 1.42. The quantitative estimate of drug-likeness (QED) is 0.800. The van der Waals surface area contributed by atoms with Crippen LogP contribution < -0.4 is 5.32 Å². The van der Waals surface area contributed by atoms with Crippen LogP contribution in [0.15, 0.2) is 60.0 Å². The van der Waals surface area contributed by atoms with Crippen LogP contribution in [-0.2, 0) is 13.6 Å². The van der Waals surface area contributed by atoms with Gasteiger partial charge in [-0.15, -0.1) is 0 Å². The van der Waals surface area contributed by atoms with Gasteiger partial charge < -0.3 is 14.4 Å². The van der Waals surface area contributed by atoms with Crippen molar-refractivity contribution in [1.82, 2.24) is 5.32 Å². The molecular weight excluding hydrogens is 332 g/mol. The number of carbonyl (C=O) groups excluding carboxylic acids is 1. The summed E-state index contributed by atoms with van der Waals surface area (Å²) in [5.74, 6) is -0.859. The van der Waals surface area contributed by atoms with Gasteiger partial charge in [-0.25, -0.2) is 4.39 Å². The Morgan fingerprint density at radius 1 is 1.04 bits per heavy atom. The van der Waals surface area contributed by atoms with Crippen LogP contribution in [0.4, 0.5) is 4.39 Å². The maximum atomic E-state index is 13.0. The van der Waals surface area contributed by atoms with Crippen LogP contribution >= 0.6 is 7.60 Å². The normalized spacial score (nSPS) is 12.0. The van der Waals surface area contributed by atoms with Gasteiger partial charge in [0, 0.05) is 19.8 Å². The first-order chi connectivity index (χ1) is 11.5. The van der Waals surface area contributed by atoms with Crippen molar-refractivity contribution in [3.05, 3.63) is 77.0 Å². The molecule has 0 heterocycles. The molecule has 2 aromatic rings. The van der Waals surface area contributed by atoms with Gasteiger partial charge in [0.1, 0.15) is 11.3 Å². The molecule has 0 atom stereocenters. The predicted molar refractivity (Wildman–Crippen MR) is 89.9 cm³/mol. The lowest BCUT2D eigenvalue weighted by molar-refractivity contribution is 0.0966. The lowest BCUT2D eigenvalue weighted by Gasteiger charge is -2.18. The van der Waals surface area contributed by atoms with E-state index in [4.69, 9.17) is 9.05 Å². The molecule has 0 radical (unpaired) electrons. The highest BCUT2D eigenvalue weighted by molar-refractivity contribution is 7.58. The first-order valence-electron chi connectivity index (χ1n) is 7.04. The lowest BCUT2D eigenvalue weighted by Crippen LogP contribution is -2.23. The van der Waals surface area contributed by atoms with E-state index in [9.17, 15) is 13.8 Å². The van der Waals surface area contributed by atoms with Gasteiger partial charge in [0.05, 0.1) is 0 Å². The van der Waals surface area contributed by atoms with Gasteiger partial charge in [0.25, 0.3) is 5.91 Å². The third-order valence-electron chi connectivity index (χ3n) is 3.23. The molecule has 5 nitrogen and oxygen atoms in total. The molecule has 0 saturated heterocycles. The Balaban J connectivity index is 2.38. The SMILES string of the molecule is COP(=O)(OC)/C(=C\c1ccc(F)cc1)NC(=O)c1ccccc1. The average Bonchev–Trinajstić information content (AvgIpc) is 2.63. The summed E-state index contributed by atoms with van der Waals surface area (Å²) in [5.41, 5.74) is 0.892. The molecule has 0 bridgehead atoms. The Hall–Kier alpha value is -2.27. The summed E-state index contributed by atoms with van der Waals surface area (Å²) in [7, 11) is -1.27. The molecule has 0 saturated carbocycles. The molecule has 0 aliphatic heterocycles. The van der Waals surface area contributed by atoms with Crippen molar-refractivity contribution in [2.24, 2.45) is 0 Å². The number of nitrogens with one attached hydrogen (secondary N) is 1. The summed E-state index contributed by atoms with van der Waals surface area (Å²) in [4.78, 5) is 12.3. The largest absolute Gasteiger partial charge is 0.376 e. The Morgan fingerprint density at radius 2 is 1.62 bits per heavy atom. The monoisotopic (exact) mass is 349 g/mol. The fraction of sp³-hybridized carbons (Fsp3) is 0.118. The van der Waals surface area contributed by atoms with E-state index in [0.717, 1.165) is 0 Å². The Morgan fingerprint density at radius 3 is 2.17 bits per heavy atom. The highest BCUT2D eigenvalue weighted by atomic mass is 31.2. The van der Waals surface area contributed by atoms with E-state index in [-0.39, 0.29) is 5.44 Å². The minimum Gasteiger partial charge on any atom is -0.315 e. The van der Waals surface area contributed by atoms with Gasteiger partial charge in [-0.3, -0.25) is 9.36 Å². The van der Waals surface area contributed by atoms with E-state index in [0.29, 0.717) is 11.1 Å². The number of carbonyl (C=O) groups is 1. The molecule has 24 heavy (non-hydrogen) atoms. The van der Waals surface area contributed by atoms with E-state index in [1.165, 1.54) is 44.6 Å². The van der Waals surface area contributed by atoms with Crippen LogP contribution in [-0.4, -0.2) is 20.1 Å². The van der Waals surface area contributed by atoms with Gasteiger partial charge >= 0.3 is 7.60 Å². The number of halogens is 1. The molecule has 2 rings (SSSR count). The van der Waals surface area contributed by atoms with Crippen LogP contribution in [0.5, 0.6) is 0 Å². The fourth-order valence-electron chi connectivity index (χ4n) is 1.95. The van der Waals surface area contributed by atoms with Crippen molar-refractivity contribution in [1.29, 1.82) is 0 Å². The van der Waals surface area contributed by atoms with E-state index in [2.05, 4.69) is 5.32 Å². The molecule has 7 heteroatoms. The first-order valence-corrected chi connectivity index (χ1v) is 8.58. The molecule has 0 aliphatic carbocycles.